The topological polar surface area (TPSA) is 84.1 Å². The number of thiazole rings is 1. The molecule has 6 nitrogen and oxygen atoms in total. The molecule has 0 radical (unpaired) electrons. The molecule has 4 rings (SSSR count). The van der Waals surface area contributed by atoms with Gasteiger partial charge in [-0.15, -0.1) is 11.3 Å². The molecule has 30 heavy (non-hydrogen) atoms. The maximum Gasteiger partial charge on any atom is 0.226 e. The molecule has 0 fully saturated rings. The van der Waals surface area contributed by atoms with E-state index >= 15 is 0 Å². The van der Waals surface area contributed by atoms with Gasteiger partial charge in [0.15, 0.2) is 10.9 Å². The Morgan fingerprint density at radius 1 is 1.10 bits per heavy atom. The molecule has 0 saturated heterocycles. The van der Waals surface area contributed by atoms with Crippen molar-refractivity contribution in [1.82, 2.24) is 9.97 Å². The average molecular weight is 420 g/mol. The number of fused-ring (bicyclic) bond motifs is 1. The number of aromatic amines is 1. The molecule has 2 N–H and O–H groups in total. The quantitative estimate of drug-likeness (QED) is 0.380. The first kappa shape index (κ1) is 19.8. The third-order valence-electron chi connectivity index (χ3n) is 4.68. The van der Waals surface area contributed by atoms with Gasteiger partial charge in [-0.05, 0) is 37.3 Å². The van der Waals surface area contributed by atoms with Gasteiger partial charge in [0.25, 0.3) is 0 Å². The van der Waals surface area contributed by atoms with E-state index in [-0.39, 0.29) is 24.5 Å². The van der Waals surface area contributed by atoms with Gasteiger partial charge in [-0.1, -0.05) is 18.2 Å². The van der Waals surface area contributed by atoms with Crippen molar-refractivity contribution >= 4 is 39.1 Å². The summed E-state index contributed by atoms with van der Waals surface area (Å²) in [7, 11) is 0. The fourth-order valence-corrected chi connectivity index (χ4v) is 3.92. The molecule has 0 aliphatic carbocycles. The van der Waals surface area contributed by atoms with Crippen LogP contribution in [0.15, 0.2) is 60.1 Å². The molecule has 0 spiro atoms. The van der Waals surface area contributed by atoms with Crippen LogP contribution in [0, 0.1) is 0 Å². The number of carbonyl (C=O) groups excluding carboxylic acids is 2. The Morgan fingerprint density at radius 3 is 2.70 bits per heavy atom. The molecule has 0 unspecified atom stereocenters. The minimum absolute atomic E-state index is 0.0770. The van der Waals surface area contributed by atoms with Gasteiger partial charge < -0.3 is 15.0 Å². The van der Waals surface area contributed by atoms with Crippen molar-refractivity contribution < 1.29 is 14.3 Å². The number of amides is 1. The van der Waals surface area contributed by atoms with Crippen molar-refractivity contribution in [2.75, 3.05) is 11.9 Å². The van der Waals surface area contributed by atoms with Crippen molar-refractivity contribution in [3.8, 4) is 17.0 Å². The standard InChI is InChI=1S/C23H21N3O3S/c1-2-29-16-9-7-15(8-10-16)21(27)11-12-22(28)26-23-25-20(14-30-23)18-13-24-19-6-4-3-5-17(18)19/h3-10,13-14,24H,2,11-12H2,1H3,(H,25,26,28). The van der Waals surface area contributed by atoms with Crippen LogP contribution in [0.1, 0.15) is 30.1 Å². The van der Waals surface area contributed by atoms with E-state index in [4.69, 9.17) is 4.74 Å². The Bertz CT molecular complexity index is 1180. The van der Waals surface area contributed by atoms with Crippen LogP contribution in [0.3, 0.4) is 0 Å². The molecule has 0 atom stereocenters. The fourth-order valence-electron chi connectivity index (χ4n) is 3.20. The predicted octanol–water partition coefficient (Wildman–Crippen LogP) is 5.29. The highest BCUT2D eigenvalue weighted by molar-refractivity contribution is 7.14. The fraction of sp³-hybridized carbons (Fsp3) is 0.174. The highest BCUT2D eigenvalue weighted by Gasteiger charge is 2.13. The van der Waals surface area contributed by atoms with Crippen molar-refractivity contribution in [3.63, 3.8) is 0 Å². The SMILES string of the molecule is CCOc1ccc(C(=O)CCC(=O)Nc2nc(-c3c[nH]c4ccccc34)cs2)cc1. The molecule has 2 aromatic heterocycles. The number of hydrogen-bond acceptors (Lipinski definition) is 5. The summed E-state index contributed by atoms with van der Waals surface area (Å²) >= 11 is 1.37. The molecule has 7 heteroatoms. The number of nitrogens with one attached hydrogen (secondary N) is 2. The molecule has 0 bridgehead atoms. The Labute approximate surface area is 177 Å². The number of aromatic nitrogens is 2. The van der Waals surface area contributed by atoms with Gasteiger partial charge in [-0.25, -0.2) is 4.98 Å². The summed E-state index contributed by atoms with van der Waals surface area (Å²) in [6.07, 6.45) is 2.16. The second kappa shape index (κ2) is 8.92. The molecule has 4 aromatic rings. The van der Waals surface area contributed by atoms with Crippen LogP contribution in [-0.2, 0) is 4.79 Å². The summed E-state index contributed by atoms with van der Waals surface area (Å²) < 4.78 is 5.37. The Balaban J connectivity index is 1.34. The first-order valence-electron chi connectivity index (χ1n) is 9.72. The van der Waals surface area contributed by atoms with Gasteiger partial charge in [0.2, 0.25) is 5.91 Å². The summed E-state index contributed by atoms with van der Waals surface area (Å²) in [6.45, 7) is 2.48. The molecular weight excluding hydrogens is 398 g/mol. The summed E-state index contributed by atoms with van der Waals surface area (Å²) in [6, 6.07) is 15.0. The third kappa shape index (κ3) is 4.41. The second-order valence-corrected chi connectivity index (χ2v) is 7.57. The monoisotopic (exact) mass is 419 g/mol. The van der Waals surface area contributed by atoms with E-state index in [1.807, 2.05) is 42.8 Å². The van der Waals surface area contributed by atoms with E-state index < -0.39 is 0 Å². The summed E-state index contributed by atoms with van der Waals surface area (Å²) in [5.74, 6) is 0.419. The maximum absolute atomic E-state index is 12.3. The van der Waals surface area contributed by atoms with Gasteiger partial charge in [0.1, 0.15) is 5.75 Å². The number of hydrogen-bond donors (Lipinski definition) is 2. The van der Waals surface area contributed by atoms with E-state index in [0.29, 0.717) is 17.3 Å². The smallest absolute Gasteiger partial charge is 0.226 e. The first-order valence-corrected chi connectivity index (χ1v) is 10.6. The molecule has 0 aliphatic heterocycles. The Kier molecular flexibility index (Phi) is 5.90. The molecule has 2 aromatic carbocycles. The van der Waals surface area contributed by atoms with E-state index in [1.165, 1.54) is 11.3 Å². The van der Waals surface area contributed by atoms with Crippen LogP contribution < -0.4 is 10.1 Å². The van der Waals surface area contributed by atoms with Gasteiger partial charge in [0.05, 0.1) is 12.3 Å². The highest BCUT2D eigenvalue weighted by atomic mass is 32.1. The average Bonchev–Trinajstić information content (AvgIpc) is 3.39. The number of benzene rings is 2. The first-order chi connectivity index (χ1) is 14.6. The van der Waals surface area contributed by atoms with Gasteiger partial charge in [-0.2, -0.15) is 0 Å². The van der Waals surface area contributed by atoms with Crippen molar-refractivity contribution in [1.29, 1.82) is 0 Å². The summed E-state index contributed by atoms with van der Waals surface area (Å²) in [5.41, 5.74) is 3.41. The zero-order valence-electron chi connectivity index (χ0n) is 16.5. The molecule has 152 valence electrons. The number of nitrogens with zero attached hydrogens (tertiary/aromatic N) is 1. The number of ketones is 1. The highest BCUT2D eigenvalue weighted by Crippen LogP contribution is 2.31. The van der Waals surface area contributed by atoms with Crippen LogP contribution in [0.5, 0.6) is 5.75 Å². The van der Waals surface area contributed by atoms with Crippen molar-refractivity contribution in [2.24, 2.45) is 0 Å². The van der Waals surface area contributed by atoms with E-state index in [2.05, 4.69) is 15.3 Å². The predicted molar refractivity (Wildman–Crippen MR) is 119 cm³/mol. The van der Waals surface area contributed by atoms with Crippen molar-refractivity contribution in [2.45, 2.75) is 19.8 Å². The van der Waals surface area contributed by atoms with Crippen LogP contribution in [0.25, 0.3) is 22.2 Å². The summed E-state index contributed by atoms with van der Waals surface area (Å²) in [4.78, 5) is 32.3. The van der Waals surface area contributed by atoms with E-state index in [1.54, 1.807) is 24.3 Å². The number of rotatable bonds is 8. The largest absolute Gasteiger partial charge is 0.494 e. The minimum atomic E-state index is -0.228. The number of carbonyl (C=O) groups is 2. The van der Waals surface area contributed by atoms with Crippen LogP contribution in [0.2, 0.25) is 0 Å². The second-order valence-electron chi connectivity index (χ2n) is 6.71. The number of ether oxygens (including phenoxy) is 1. The lowest BCUT2D eigenvalue weighted by molar-refractivity contribution is -0.116. The lowest BCUT2D eigenvalue weighted by Gasteiger charge is -2.05. The van der Waals surface area contributed by atoms with Crippen LogP contribution in [-0.4, -0.2) is 28.3 Å². The van der Waals surface area contributed by atoms with Crippen molar-refractivity contribution in [3.05, 3.63) is 65.7 Å². The zero-order valence-corrected chi connectivity index (χ0v) is 17.3. The van der Waals surface area contributed by atoms with Gasteiger partial charge >= 0.3 is 0 Å². The molecule has 1 amide bonds. The summed E-state index contributed by atoms with van der Waals surface area (Å²) in [5, 5.41) is 6.31. The molecule has 2 heterocycles. The molecule has 0 aliphatic rings. The van der Waals surface area contributed by atoms with E-state index in [0.717, 1.165) is 27.9 Å². The normalized spacial score (nSPS) is 10.8. The van der Waals surface area contributed by atoms with Crippen LogP contribution >= 0.6 is 11.3 Å². The van der Waals surface area contributed by atoms with Gasteiger partial charge in [-0.3, -0.25) is 9.59 Å². The zero-order chi connectivity index (χ0) is 20.9. The van der Waals surface area contributed by atoms with E-state index in [9.17, 15) is 9.59 Å². The van der Waals surface area contributed by atoms with Gasteiger partial charge in [0, 0.05) is 46.4 Å². The number of para-hydroxylation sites is 1. The lowest BCUT2D eigenvalue weighted by atomic mass is 10.1. The number of H-pyrrole nitrogens is 1. The Morgan fingerprint density at radius 2 is 1.90 bits per heavy atom. The number of Topliss-reactive ketones (excluding diaryl/α,β-unsaturated/α-hetero) is 1. The minimum Gasteiger partial charge on any atom is -0.494 e. The maximum atomic E-state index is 12.3. The van der Waals surface area contributed by atoms with Crippen LogP contribution in [0.4, 0.5) is 5.13 Å². The third-order valence-corrected chi connectivity index (χ3v) is 5.44. The molecule has 0 saturated carbocycles. The number of anilines is 1. The molecular formula is C23H21N3O3S. The Hall–Kier alpha value is -3.45. The lowest BCUT2D eigenvalue weighted by Crippen LogP contribution is -2.13.